The SMILES string of the molecule is Cc1cc(C(F)(F)F)c(C#N)c(SCC(=O)OCc2ccccc2)n1. The average molecular weight is 366 g/mol. The number of alkyl halides is 3. The van der Waals surface area contributed by atoms with Crippen molar-refractivity contribution in [1.29, 1.82) is 5.26 Å². The van der Waals surface area contributed by atoms with Crippen LogP contribution in [0.25, 0.3) is 0 Å². The maximum atomic E-state index is 13.0. The first-order valence-corrected chi connectivity index (χ1v) is 8.11. The predicted octanol–water partition coefficient (Wildman–Crippen LogP) is 4.12. The van der Waals surface area contributed by atoms with Crippen LogP contribution in [-0.4, -0.2) is 16.7 Å². The molecule has 0 aliphatic carbocycles. The van der Waals surface area contributed by atoms with Crippen molar-refractivity contribution in [2.24, 2.45) is 0 Å². The highest BCUT2D eigenvalue weighted by atomic mass is 32.2. The third-order valence-corrected chi connectivity index (χ3v) is 4.05. The van der Waals surface area contributed by atoms with Crippen LogP contribution >= 0.6 is 11.8 Å². The summed E-state index contributed by atoms with van der Waals surface area (Å²) >= 11 is 0.751. The Morgan fingerprint density at radius 3 is 2.60 bits per heavy atom. The van der Waals surface area contributed by atoms with E-state index in [0.29, 0.717) is 0 Å². The number of hydrogen-bond acceptors (Lipinski definition) is 5. The number of carbonyl (C=O) groups is 1. The van der Waals surface area contributed by atoms with Crippen molar-refractivity contribution in [1.82, 2.24) is 4.98 Å². The molecule has 4 nitrogen and oxygen atoms in total. The number of benzene rings is 1. The Morgan fingerprint density at radius 1 is 1.32 bits per heavy atom. The van der Waals surface area contributed by atoms with Crippen LogP contribution in [0, 0.1) is 18.3 Å². The maximum absolute atomic E-state index is 13.0. The second-order valence-electron chi connectivity index (χ2n) is 5.04. The van der Waals surface area contributed by atoms with Gasteiger partial charge < -0.3 is 4.74 Å². The molecule has 0 unspecified atom stereocenters. The lowest BCUT2D eigenvalue weighted by atomic mass is 10.1. The van der Waals surface area contributed by atoms with E-state index >= 15 is 0 Å². The number of esters is 1. The number of ether oxygens (including phenoxy) is 1. The number of carbonyl (C=O) groups excluding carboxylic acids is 1. The summed E-state index contributed by atoms with van der Waals surface area (Å²) in [6.07, 6.45) is -4.66. The van der Waals surface area contributed by atoms with E-state index in [-0.39, 0.29) is 23.1 Å². The Kier molecular flexibility index (Phi) is 6.04. The Hall–Kier alpha value is -2.53. The molecule has 1 heterocycles. The molecule has 0 saturated heterocycles. The van der Waals surface area contributed by atoms with E-state index in [2.05, 4.69) is 4.98 Å². The normalized spacial score (nSPS) is 11.0. The number of hydrogen-bond donors (Lipinski definition) is 0. The number of aryl methyl sites for hydroxylation is 1. The Bertz CT molecular complexity index is 802. The molecule has 0 spiro atoms. The van der Waals surface area contributed by atoms with Crippen LogP contribution in [0.5, 0.6) is 0 Å². The van der Waals surface area contributed by atoms with Gasteiger partial charge in [0, 0.05) is 5.69 Å². The molecule has 25 heavy (non-hydrogen) atoms. The minimum absolute atomic E-state index is 0.0698. The van der Waals surface area contributed by atoms with Gasteiger partial charge in [-0.3, -0.25) is 4.79 Å². The minimum atomic E-state index is -4.66. The molecule has 2 rings (SSSR count). The van der Waals surface area contributed by atoms with Crippen LogP contribution in [0.4, 0.5) is 13.2 Å². The van der Waals surface area contributed by atoms with Gasteiger partial charge in [-0.25, -0.2) is 4.98 Å². The molecule has 0 saturated carbocycles. The van der Waals surface area contributed by atoms with Gasteiger partial charge in [-0.05, 0) is 18.6 Å². The van der Waals surface area contributed by atoms with Crippen molar-refractivity contribution in [3.8, 4) is 6.07 Å². The molecule has 0 amide bonds. The van der Waals surface area contributed by atoms with Crippen LogP contribution in [0.3, 0.4) is 0 Å². The number of nitriles is 1. The Labute approximate surface area is 146 Å². The lowest BCUT2D eigenvalue weighted by molar-refractivity contribution is -0.141. The van der Waals surface area contributed by atoms with E-state index < -0.39 is 23.3 Å². The van der Waals surface area contributed by atoms with Gasteiger partial charge in [0.05, 0.1) is 16.9 Å². The minimum Gasteiger partial charge on any atom is -0.460 e. The van der Waals surface area contributed by atoms with Gasteiger partial charge in [-0.15, -0.1) is 0 Å². The monoisotopic (exact) mass is 366 g/mol. The van der Waals surface area contributed by atoms with Crippen molar-refractivity contribution >= 4 is 17.7 Å². The molecule has 1 aromatic carbocycles. The zero-order chi connectivity index (χ0) is 18.4. The molecule has 0 atom stereocenters. The summed E-state index contributed by atoms with van der Waals surface area (Å²) in [7, 11) is 0. The van der Waals surface area contributed by atoms with Gasteiger partial charge in [0.15, 0.2) is 0 Å². The molecule has 8 heteroatoms. The van der Waals surface area contributed by atoms with Crippen LogP contribution in [0.15, 0.2) is 41.4 Å². The summed E-state index contributed by atoms with van der Waals surface area (Å²) in [5, 5.41) is 8.92. The molecule has 2 aromatic rings. The standard InChI is InChI=1S/C17H13F3N2O2S/c1-11-7-14(17(18,19)20)13(8-21)16(22-11)25-10-15(23)24-9-12-5-3-2-4-6-12/h2-7H,9-10H2,1H3. The maximum Gasteiger partial charge on any atom is 0.417 e. The number of thioether (sulfide) groups is 1. The van der Waals surface area contributed by atoms with Crippen LogP contribution < -0.4 is 0 Å². The smallest absolute Gasteiger partial charge is 0.417 e. The second-order valence-corrected chi connectivity index (χ2v) is 6.00. The number of rotatable bonds is 5. The van der Waals surface area contributed by atoms with Crippen molar-refractivity contribution < 1.29 is 22.7 Å². The zero-order valence-corrected chi connectivity index (χ0v) is 13.9. The van der Waals surface area contributed by atoms with Crippen LogP contribution in [0.2, 0.25) is 0 Å². The van der Waals surface area contributed by atoms with E-state index in [4.69, 9.17) is 10.00 Å². The quantitative estimate of drug-likeness (QED) is 0.588. The van der Waals surface area contributed by atoms with Gasteiger partial charge in [0.1, 0.15) is 17.7 Å². The number of nitrogens with zero attached hydrogens (tertiary/aromatic N) is 2. The summed E-state index contributed by atoms with van der Waals surface area (Å²) in [6, 6.07) is 11.3. The van der Waals surface area contributed by atoms with Gasteiger partial charge in [-0.2, -0.15) is 18.4 Å². The van der Waals surface area contributed by atoms with Crippen LogP contribution in [-0.2, 0) is 22.3 Å². The molecule has 130 valence electrons. The third kappa shape index (κ3) is 5.22. The fourth-order valence-electron chi connectivity index (χ4n) is 1.99. The summed E-state index contributed by atoms with van der Waals surface area (Å²) in [6.45, 7) is 1.47. The first-order valence-electron chi connectivity index (χ1n) is 7.12. The van der Waals surface area contributed by atoms with E-state index in [1.807, 2.05) is 6.07 Å². The third-order valence-electron chi connectivity index (χ3n) is 3.10. The van der Waals surface area contributed by atoms with Crippen molar-refractivity contribution in [3.63, 3.8) is 0 Å². The van der Waals surface area contributed by atoms with E-state index in [1.165, 1.54) is 13.0 Å². The van der Waals surface area contributed by atoms with Gasteiger partial charge in [-0.1, -0.05) is 42.1 Å². The number of aromatic nitrogens is 1. The molecule has 1 aromatic heterocycles. The van der Waals surface area contributed by atoms with Gasteiger partial charge in [0.2, 0.25) is 0 Å². The van der Waals surface area contributed by atoms with Crippen molar-refractivity contribution in [3.05, 3.63) is 58.8 Å². The Balaban J connectivity index is 2.06. The summed E-state index contributed by atoms with van der Waals surface area (Å²) < 4.78 is 44.1. The lowest BCUT2D eigenvalue weighted by Crippen LogP contribution is -2.12. The first kappa shape index (κ1) is 18.8. The van der Waals surface area contributed by atoms with Crippen LogP contribution in [0.1, 0.15) is 22.4 Å². The molecule has 0 bridgehead atoms. The van der Waals surface area contributed by atoms with Crippen molar-refractivity contribution in [2.75, 3.05) is 5.75 Å². The molecule has 0 fully saturated rings. The van der Waals surface area contributed by atoms with E-state index in [1.54, 1.807) is 24.3 Å². The average Bonchev–Trinajstić information content (AvgIpc) is 2.57. The summed E-state index contributed by atoms with van der Waals surface area (Å²) in [4.78, 5) is 15.7. The summed E-state index contributed by atoms with van der Waals surface area (Å²) in [5.41, 5.74) is -0.723. The molecule has 0 aliphatic heterocycles. The fraction of sp³-hybridized carbons (Fsp3) is 0.235. The fourth-order valence-corrected chi connectivity index (χ4v) is 2.83. The highest BCUT2D eigenvalue weighted by molar-refractivity contribution is 7.99. The zero-order valence-electron chi connectivity index (χ0n) is 13.1. The number of pyridine rings is 1. The molecule has 0 radical (unpaired) electrons. The predicted molar refractivity (Wildman–Crippen MR) is 85.7 cm³/mol. The summed E-state index contributed by atoms with van der Waals surface area (Å²) in [5.74, 6) is -0.843. The molecule has 0 aliphatic rings. The molecular weight excluding hydrogens is 353 g/mol. The second kappa shape index (κ2) is 8.03. The number of halogens is 3. The van der Waals surface area contributed by atoms with Gasteiger partial charge in [0.25, 0.3) is 0 Å². The molecule has 0 N–H and O–H groups in total. The largest absolute Gasteiger partial charge is 0.460 e. The Morgan fingerprint density at radius 2 is 2.00 bits per heavy atom. The van der Waals surface area contributed by atoms with Crippen molar-refractivity contribution in [2.45, 2.75) is 24.7 Å². The first-order chi connectivity index (χ1) is 11.8. The molecular formula is C17H13F3N2O2S. The highest BCUT2D eigenvalue weighted by Crippen LogP contribution is 2.35. The lowest BCUT2D eigenvalue weighted by Gasteiger charge is -2.12. The van der Waals surface area contributed by atoms with E-state index in [0.717, 1.165) is 23.4 Å². The topological polar surface area (TPSA) is 63.0 Å². The van der Waals surface area contributed by atoms with Gasteiger partial charge >= 0.3 is 12.1 Å². The van der Waals surface area contributed by atoms with E-state index in [9.17, 15) is 18.0 Å². The highest BCUT2D eigenvalue weighted by Gasteiger charge is 2.35.